The lowest BCUT2D eigenvalue weighted by Crippen LogP contribution is -2.24. The van der Waals surface area contributed by atoms with E-state index in [1.54, 1.807) is 11.8 Å². The first-order valence-electron chi connectivity index (χ1n) is 10.9. The van der Waals surface area contributed by atoms with Crippen molar-refractivity contribution in [1.82, 2.24) is 15.4 Å². The van der Waals surface area contributed by atoms with Gasteiger partial charge in [-0.2, -0.15) is 0 Å². The summed E-state index contributed by atoms with van der Waals surface area (Å²) >= 11 is 1.28. The molecule has 1 atom stereocenters. The second-order valence-corrected chi connectivity index (χ2v) is 9.49. The van der Waals surface area contributed by atoms with Gasteiger partial charge in [-0.1, -0.05) is 52.9 Å². The number of rotatable bonds is 5. The van der Waals surface area contributed by atoms with Crippen molar-refractivity contribution >= 4 is 34.0 Å². The first kappa shape index (κ1) is 22.0. The summed E-state index contributed by atoms with van der Waals surface area (Å²) in [5.41, 5.74) is 4.76. The maximum absolute atomic E-state index is 13.0. The van der Waals surface area contributed by atoms with E-state index in [1.165, 1.54) is 11.3 Å². The molecule has 1 saturated heterocycles. The van der Waals surface area contributed by atoms with E-state index in [-0.39, 0.29) is 17.7 Å². The third-order valence-corrected chi connectivity index (χ3v) is 6.79. The fraction of sp³-hybridized carbons (Fsp3) is 0.240. The molecule has 2 aromatic carbocycles. The lowest BCUT2D eigenvalue weighted by molar-refractivity contribution is -0.117. The van der Waals surface area contributed by atoms with Crippen molar-refractivity contribution in [2.75, 3.05) is 16.8 Å². The number of hydrogen-bond acceptors (Lipinski definition) is 7. The molecule has 0 unspecified atom stereocenters. The minimum absolute atomic E-state index is 0.0587. The molecule has 0 bridgehead atoms. The molecule has 3 heterocycles. The number of aromatic nitrogens is 3. The Bertz CT molecular complexity index is 1360. The maximum atomic E-state index is 13.0. The van der Waals surface area contributed by atoms with Crippen LogP contribution in [0.1, 0.15) is 44.6 Å². The van der Waals surface area contributed by atoms with Gasteiger partial charge in [-0.05, 0) is 44.0 Å². The third-order valence-electron chi connectivity index (χ3n) is 5.79. The highest BCUT2D eigenvalue weighted by Crippen LogP contribution is 2.35. The van der Waals surface area contributed by atoms with Gasteiger partial charge in [0.15, 0.2) is 0 Å². The topological polar surface area (TPSA) is 101 Å². The van der Waals surface area contributed by atoms with Gasteiger partial charge in [-0.15, -0.1) is 10.2 Å². The minimum atomic E-state index is -0.361. The van der Waals surface area contributed by atoms with Crippen LogP contribution in [0.2, 0.25) is 0 Å². The average Bonchev–Trinajstić information content (AvgIpc) is 3.52. The van der Waals surface area contributed by atoms with Gasteiger partial charge in [-0.25, -0.2) is 0 Å². The molecule has 1 fully saturated rings. The zero-order valence-corrected chi connectivity index (χ0v) is 19.8. The van der Waals surface area contributed by atoms with Gasteiger partial charge in [0.2, 0.25) is 11.0 Å². The van der Waals surface area contributed by atoms with Gasteiger partial charge >= 0.3 is 0 Å². The molecule has 0 spiro atoms. The second kappa shape index (κ2) is 8.83. The number of aryl methyl sites for hydroxylation is 3. The monoisotopic (exact) mass is 473 g/mol. The second-order valence-electron chi connectivity index (χ2n) is 8.48. The Balaban J connectivity index is 1.32. The van der Waals surface area contributed by atoms with E-state index in [0.717, 1.165) is 27.4 Å². The fourth-order valence-corrected chi connectivity index (χ4v) is 5.10. The quantitative estimate of drug-likeness (QED) is 0.443. The van der Waals surface area contributed by atoms with Crippen LogP contribution in [0, 0.1) is 20.8 Å². The van der Waals surface area contributed by atoms with Crippen molar-refractivity contribution in [3.8, 4) is 11.3 Å². The molecule has 34 heavy (non-hydrogen) atoms. The lowest BCUT2D eigenvalue weighted by Gasteiger charge is -2.17. The van der Waals surface area contributed by atoms with E-state index >= 15 is 0 Å². The molecule has 1 aliphatic heterocycles. The van der Waals surface area contributed by atoms with Gasteiger partial charge < -0.3 is 9.42 Å². The number of nitrogens with one attached hydrogen (secondary N) is 1. The summed E-state index contributed by atoms with van der Waals surface area (Å²) in [4.78, 5) is 27.6. The van der Waals surface area contributed by atoms with Crippen LogP contribution >= 0.6 is 11.3 Å². The highest BCUT2D eigenvalue weighted by atomic mass is 32.1. The van der Waals surface area contributed by atoms with Crippen molar-refractivity contribution in [1.29, 1.82) is 0 Å². The Labute approximate surface area is 200 Å². The summed E-state index contributed by atoms with van der Waals surface area (Å²) in [5, 5.41) is 16.4. The molecule has 2 aromatic heterocycles. The number of hydrogen-bond donors (Lipinski definition) is 1. The molecule has 8 nitrogen and oxygen atoms in total. The molecule has 1 aliphatic rings. The van der Waals surface area contributed by atoms with Gasteiger partial charge in [0.1, 0.15) is 22.0 Å². The first-order chi connectivity index (χ1) is 16.4. The van der Waals surface area contributed by atoms with Gasteiger partial charge in [0, 0.05) is 30.1 Å². The van der Waals surface area contributed by atoms with Crippen molar-refractivity contribution in [3.63, 3.8) is 0 Å². The van der Waals surface area contributed by atoms with Crippen LogP contribution in [-0.4, -0.2) is 33.7 Å². The van der Waals surface area contributed by atoms with Crippen molar-refractivity contribution in [2.24, 2.45) is 0 Å². The number of nitrogens with zero attached hydrogens (tertiary/aromatic N) is 4. The van der Waals surface area contributed by atoms with Crippen LogP contribution < -0.4 is 10.2 Å². The standard InChI is InChI=1S/C25H23N5O3S/c1-14-9-15(2)11-19(10-14)30-13-18(12-20(30)31)24-27-28-25(34-24)26-23(32)21-16(3)33-29-22(21)17-7-5-4-6-8-17/h4-11,18H,12-13H2,1-3H3,(H,26,28,32)/t18-/m1/s1. The number of carbonyl (C=O) groups is 2. The molecule has 1 N–H and O–H groups in total. The molecule has 5 rings (SSSR count). The van der Waals surface area contributed by atoms with E-state index in [9.17, 15) is 9.59 Å². The summed E-state index contributed by atoms with van der Waals surface area (Å²) in [6.45, 7) is 6.28. The third kappa shape index (κ3) is 4.22. The smallest absolute Gasteiger partial charge is 0.263 e. The predicted octanol–water partition coefficient (Wildman–Crippen LogP) is 4.89. The molecule has 4 aromatic rings. The SMILES string of the molecule is Cc1cc(C)cc(N2C[C@H](c3nnc(NC(=O)c4c(-c5ccccc5)noc4C)s3)CC2=O)c1. The predicted molar refractivity (Wildman–Crippen MR) is 130 cm³/mol. The van der Waals surface area contributed by atoms with E-state index in [0.29, 0.717) is 35.1 Å². The Hall–Kier alpha value is -3.85. The van der Waals surface area contributed by atoms with Gasteiger partial charge in [0.25, 0.3) is 5.91 Å². The molecule has 0 saturated carbocycles. The van der Waals surface area contributed by atoms with Gasteiger partial charge in [-0.3, -0.25) is 14.9 Å². The zero-order chi connectivity index (χ0) is 23.8. The molecule has 0 aliphatic carbocycles. The lowest BCUT2D eigenvalue weighted by atomic mass is 10.1. The number of anilines is 2. The Morgan fingerprint density at radius 1 is 1.09 bits per heavy atom. The minimum Gasteiger partial charge on any atom is -0.360 e. The number of benzene rings is 2. The van der Waals surface area contributed by atoms with Crippen LogP contribution in [0.3, 0.4) is 0 Å². The summed E-state index contributed by atoms with van der Waals surface area (Å²) < 4.78 is 5.29. The number of carbonyl (C=O) groups excluding carboxylic acids is 2. The molecule has 9 heteroatoms. The highest BCUT2D eigenvalue weighted by molar-refractivity contribution is 7.15. The summed E-state index contributed by atoms with van der Waals surface area (Å²) in [6, 6.07) is 15.5. The summed E-state index contributed by atoms with van der Waals surface area (Å²) in [6.07, 6.45) is 0.360. The van der Waals surface area contributed by atoms with Crippen LogP contribution in [0.25, 0.3) is 11.3 Å². The van der Waals surface area contributed by atoms with Crippen molar-refractivity contribution in [2.45, 2.75) is 33.1 Å². The number of amides is 2. The van der Waals surface area contributed by atoms with E-state index in [4.69, 9.17) is 4.52 Å². The molecular weight excluding hydrogens is 450 g/mol. The average molecular weight is 474 g/mol. The summed E-state index contributed by atoms with van der Waals surface area (Å²) in [5.74, 6) is 0.0447. The first-order valence-corrected chi connectivity index (χ1v) is 11.8. The molecule has 172 valence electrons. The Morgan fingerprint density at radius 3 is 2.56 bits per heavy atom. The van der Waals surface area contributed by atoms with Gasteiger partial charge in [0.05, 0.1) is 0 Å². The molecular formula is C25H23N5O3S. The largest absolute Gasteiger partial charge is 0.360 e. The van der Waals surface area contributed by atoms with Crippen LogP contribution in [0.5, 0.6) is 0 Å². The van der Waals surface area contributed by atoms with Crippen LogP contribution in [0.15, 0.2) is 53.1 Å². The summed E-state index contributed by atoms with van der Waals surface area (Å²) in [7, 11) is 0. The van der Waals surface area contributed by atoms with E-state index in [1.807, 2.05) is 56.3 Å². The highest BCUT2D eigenvalue weighted by Gasteiger charge is 2.34. The fourth-order valence-electron chi connectivity index (χ4n) is 4.27. The Kier molecular flexibility index (Phi) is 5.70. The van der Waals surface area contributed by atoms with Crippen molar-refractivity contribution < 1.29 is 14.1 Å². The molecule has 0 radical (unpaired) electrons. The normalized spacial score (nSPS) is 15.7. The van der Waals surface area contributed by atoms with Crippen molar-refractivity contribution in [3.05, 3.63) is 76.0 Å². The van der Waals surface area contributed by atoms with E-state index in [2.05, 4.69) is 26.7 Å². The van der Waals surface area contributed by atoms with Crippen LogP contribution in [-0.2, 0) is 4.79 Å². The van der Waals surface area contributed by atoms with E-state index < -0.39 is 0 Å². The Morgan fingerprint density at radius 2 is 1.82 bits per heavy atom. The molecule has 2 amide bonds. The zero-order valence-electron chi connectivity index (χ0n) is 19.0. The van der Waals surface area contributed by atoms with Crippen LogP contribution in [0.4, 0.5) is 10.8 Å². The maximum Gasteiger partial charge on any atom is 0.263 e.